The highest BCUT2D eigenvalue weighted by atomic mass is 35.5. The second-order valence-corrected chi connectivity index (χ2v) is 5.02. The predicted octanol–water partition coefficient (Wildman–Crippen LogP) is 3.12. The van der Waals surface area contributed by atoms with Gasteiger partial charge in [-0.1, -0.05) is 29.3 Å². The maximum Gasteiger partial charge on any atom is 0.239 e. The van der Waals surface area contributed by atoms with Gasteiger partial charge < -0.3 is 10.6 Å². The van der Waals surface area contributed by atoms with Gasteiger partial charge in [0.25, 0.3) is 0 Å². The summed E-state index contributed by atoms with van der Waals surface area (Å²) in [5, 5.41) is 6.80. The van der Waals surface area contributed by atoms with E-state index in [1.54, 1.807) is 30.6 Å². The molecule has 2 rings (SSSR count). The van der Waals surface area contributed by atoms with Gasteiger partial charge in [0.15, 0.2) is 0 Å². The van der Waals surface area contributed by atoms with Crippen LogP contribution in [0.15, 0.2) is 42.7 Å². The molecule has 0 aliphatic carbocycles. The minimum atomic E-state index is -0.120. The molecule has 0 saturated carbocycles. The SMILES string of the molecule is O=C(CNc1cc(Cl)cc(Cl)c1)NCc1cccnc1. The zero-order valence-corrected chi connectivity index (χ0v) is 12.1. The highest BCUT2D eigenvalue weighted by molar-refractivity contribution is 6.35. The first-order valence-electron chi connectivity index (χ1n) is 5.99. The zero-order chi connectivity index (χ0) is 14.4. The molecule has 0 aliphatic rings. The molecule has 1 amide bonds. The number of carbonyl (C=O) groups excluding carboxylic acids is 1. The number of nitrogens with zero attached hydrogens (tertiary/aromatic N) is 1. The van der Waals surface area contributed by atoms with E-state index in [1.165, 1.54) is 0 Å². The number of nitrogens with one attached hydrogen (secondary N) is 2. The number of aromatic nitrogens is 1. The molecule has 20 heavy (non-hydrogen) atoms. The summed E-state index contributed by atoms with van der Waals surface area (Å²) in [7, 11) is 0. The largest absolute Gasteiger partial charge is 0.376 e. The quantitative estimate of drug-likeness (QED) is 0.892. The molecular weight excluding hydrogens is 297 g/mol. The van der Waals surface area contributed by atoms with Gasteiger partial charge >= 0.3 is 0 Å². The second-order valence-electron chi connectivity index (χ2n) is 4.15. The maximum atomic E-state index is 11.7. The average Bonchev–Trinajstić information content (AvgIpc) is 2.43. The van der Waals surface area contributed by atoms with E-state index < -0.39 is 0 Å². The van der Waals surface area contributed by atoms with Crippen LogP contribution in [-0.4, -0.2) is 17.4 Å². The molecule has 1 heterocycles. The van der Waals surface area contributed by atoms with Crippen LogP contribution in [0.4, 0.5) is 5.69 Å². The number of hydrogen-bond donors (Lipinski definition) is 2. The molecule has 0 atom stereocenters. The zero-order valence-electron chi connectivity index (χ0n) is 10.6. The summed E-state index contributed by atoms with van der Waals surface area (Å²) in [5.74, 6) is -0.120. The Kier molecular flexibility index (Phi) is 5.21. The smallest absolute Gasteiger partial charge is 0.239 e. The molecule has 0 radical (unpaired) electrons. The van der Waals surface area contributed by atoms with Crippen molar-refractivity contribution in [1.29, 1.82) is 0 Å². The van der Waals surface area contributed by atoms with Crippen molar-refractivity contribution < 1.29 is 4.79 Å². The first-order chi connectivity index (χ1) is 9.63. The van der Waals surface area contributed by atoms with Crippen LogP contribution < -0.4 is 10.6 Å². The van der Waals surface area contributed by atoms with Crippen molar-refractivity contribution in [1.82, 2.24) is 10.3 Å². The summed E-state index contributed by atoms with van der Waals surface area (Å²) in [4.78, 5) is 15.7. The predicted molar refractivity (Wildman–Crippen MR) is 81.0 cm³/mol. The van der Waals surface area contributed by atoms with Crippen LogP contribution in [0, 0.1) is 0 Å². The van der Waals surface area contributed by atoms with Crippen molar-refractivity contribution in [2.75, 3.05) is 11.9 Å². The van der Waals surface area contributed by atoms with Crippen LogP contribution in [-0.2, 0) is 11.3 Å². The fourth-order valence-electron chi connectivity index (χ4n) is 1.60. The first-order valence-corrected chi connectivity index (χ1v) is 6.74. The topological polar surface area (TPSA) is 54.0 Å². The van der Waals surface area contributed by atoms with Crippen LogP contribution in [0.5, 0.6) is 0 Å². The Bertz CT molecular complexity index is 570. The first kappa shape index (κ1) is 14.6. The van der Waals surface area contributed by atoms with Crippen LogP contribution in [0.25, 0.3) is 0 Å². The summed E-state index contributed by atoms with van der Waals surface area (Å²) < 4.78 is 0. The molecule has 0 spiro atoms. The van der Waals surface area contributed by atoms with E-state index in [9.17, 15) is 4.79 Å². The molecule has 0 unspecified atom stereocenters. The van der Waals surface area contributed by atoms with Crippen molar-refractivity contribution in [2.45, 2.75) is 6.54 Å². The van der Waals surface area contributed by atoms with E-state index in [1.807, 2.05) is 12.1 Å². The van der Waals surface area contributed by atoms with E-state index in [0.29, 0.717) is 22.3 Å². The lowest BCUT2D eigenvalue weighted by atomic mass is 10.3. The van der Waals surface area contributed by atoms with Gasteiger partial charge in [-0.05, 0) is 29.8 Å². The summed E-state index contributed by atoms with van der Waals surface area (Å²) in [6, 6.07) is 8.78. The van der Waals surface area contributed by atoms with Gasteiger partial charge in [-0.3, -0.25) is 9.78 Å². The number of rotatable bonds is 5. The van der Waals surface area contributed by atoms with Crippen molar-refractivity contribution in [3.8, 4) is 0 Å². The van der Waals surface area contributed by atoms with E-state index in [-0.39, 0.29) is 12.5 Å². The maximum absolute atomic E-state index is 11.7. The molecule has 104 valence electrons. The molecule has 0 aliphatic heterocycles. The van der Waals surface area contributed by atoms with Gasteiger partial charge in [0, 0.05) is 34.7 Å². The van der Waals surface area contributed by atoms with Gasteiger partial charge in [0.2, 0.25) is 5.91 Å². The average molecular weight is 310 g/mol. The Balaban J connectivity index is 1.80. The van der Waals surface area contributed by atoms with Gasteiger partial charge in [-0.15, -0.1) is 0 Å². The second kappa shape index (κ2) is 7.12. The summed E-state index contributed by atoms with van der Waals surface area (Å²) in [6.45, 7) is 0.599. The van der Waals surface area contributed by atoms with Crippen molar-refractivity contribution in [3.05, 3.63) is 58.3 Å². The minimum Gasteiger partial charge on any atom is -0.376 e. The lowest BCUT2D eigenvalue weighted by molar-refractivity contribution is -0.119. The van der Waals surface area contributed by atoms with Crippen molar-refractivity contribution in [2.24, 2.45) is 0 Å². The number of amides is 1. The normalized spacial score (nSPS) is 10.1. The van der Waals surface area contributed by atoms with Gasteiger partial charge in [0.1, 0.15) is 0 Å². The molecular formula is C14H13Cl2N3O. The highest BCUT2D eigenvalue weighted by Gasteiger charge is 2.03. The molecule has 0 saturated heterocycles. The fourth-order valence-corrected chi connectivity index (χ4v) is 2.13. The molecule has 6 heteroatoms. The fraction of sp³-hybridized carbons (Fsp3) is 0.143. The molecule has 1 aromatic carbocycles. The highest BCUT2D eigenvalue weighted by Crippen LogP contribution is 2.22. The van der Waals surface area contributed by atoms with Gasteiger partial charge in [-0.25, -0.2) is 0 Å². The Morgan fingerprint density at radius 1 is 1.20 bits per heavy atom. The third kappa shape index (κ3) is 4.72. The summed E-state index contributed by atoms with van der Waals surface area (Å²) in [5.41, 5.74) is 1.66. The number of hydrogen-bond acceptors (Lipinski definition) is 3. The number of benzene rings is 1. The summed E-state index contributed by atoms with van der Waals surface area (Å²) >= 11 is 11.7. The molecule has 2 aromatic rings. The van der Waals surface area contributed by atoms with E-state index >= 15 is 0 Å². The van der Waals surface area contributed by atoms with Crippen LogP contribution >= 0.6 is 23.2 Å². The third-order valence-corrected chi connectivity index (χ3v) is 2.96. The molecule has 2 N–H and O–H groups in total. The van der Waals surface area contributed by atoms with E-state index in [2.05, 4.69) is 15.6 Å². The van der Waals surface area contributed by atoms with Crippen LogP contribution in [0.3, 0.4) is 0 Å². The Morgan fingerprint density at radius 2 is 1.95 bits per heavy atom. The van der Waals surface area contributed by atoms with Crippen LogP contribution in [0.2, 0.25) is 10.0 Å². The van der Waals surface area contributed by atoms with Crippen molar-refractivity contribution in [3.63, 3.8) is 0 Å². The number of pyridine rings is 1. The van der Waals surface area contributed by atoms with E-state index in [4.69, 9.17) is 23.2 Å². The number of carbonyl (C=O) groups is 1. The molecule has 0 bridgehead atoms. The number of anilines is 1. The van der Waals surface area contributed by atoms with E-state index in [0.717, 1.165) is 5.56 Å². The van der Waals surface area contributed by atoms with Gasteiger partial charge in [-0.2, -0.15) is 0 Å². The Hall–Kier alpha value is -1.78. The monoisotopic (exact) mass is 309 g/mol. The molecule has 4 nitrogen and oxygen atoms in total. The number of halogens is 2. The lowest BCUT2D eigenvalue weighted by Crippen LogP contribution is -2.29. The van der Waals surface area contributed by atoms with Gasteiger partial charge in [0.05, 0.1) is 6.54 Å². The Labute approximate surface area is 127 Å². The summed E-state index contributed by atoms with van der Waals surface area (Å²) in [6.07, 6.45) is 3.40. The van der Waals surface area contributed by atoms with Crippen molar-refractivity contribution >= 4 is 34.8 Å². The minimum absolute atomic E-state index is 0.120. The third-order valence-electron chi connectivity index (χ3n) is 2.53. The Morgan fingerprint density at radius 3 is 2.60 bits per heavy atom. The standard InChI is InChI=1S/C14H13Cl2N3O/c15-11-4-12(16)6-13(5-11)18-9-14(20)19-8-10-2-1-3-17-7-10/h1-7,18H,8-9H2,(H,19,20). The van der Waals surface area contributed by atoms with Crippen LogP contribution in [0.1, 0.15) is 5.56 Å². The lowest BCUT2D eigenvalue weighted by Gasteiger charge is -2.08. The molecule has 0 fully saturated rings. The molecule has 1 aromatic heterocycles.